The van der Waals surface area contributed by atoms with Gasteiger partial charge in [-0.1, -0.05) is 19.1 Å². The van der Waals surface area contributed by atoms with Gasteiger partial charge < -0.3 is 9.47 Å². The molecule has 110 valence electrons. The van der Waals surface area contributed by atoms with E-state index in [1.54, 1.807) is 10.8 Å². The van der Waals surface area contributed by atoms with E-state index in [0.717, 1.165) is 23.5 Å². The number of benzene rings is 1. The molecule has 3 rings (SSSR count). The third kappa shape index (κ3) is 3.06. The van der Waals surface area contributed by atoms with Crippen molar-refractivity contribution in [2.75, 3.05) is 11.4 Å². The van der Waals surface area contributed by atoms with Crippen molar-refractivity contribution < 1.29 is 4.79 Å². The third-order valence-electron chi connectivity index (χ3n) is 3.53. The van der Waals surface area contributed by atoms with Crippen molar-refractivity contribution in [3.63, 3.8) is 0 Å². The summed E-state index contributed by atoms with van der Waals surface area (Å²) in [4.78, 5) is 16.1. The summed E-state index contributed by atoms with van der Waals surface area (Å²) < 4.78 is 1.69. The van der Waals surface area contributed by atoms with Crippen LogP contribution in [0.15, 0.2) is 40.7 Å². The first-order valence-electron chi connectivity index (χ1n) is 6.90. The minimum atomic E-state index is 0.0500. The lowest BCUT2D eigenvalue weighted by Crippen LogP contribution is -2.36. The van der Waals surface area contributed by atoms with E-state index >= 15 is 0 Å². The van der Waals surface area contributed by atoms with E-state index < -0.39 is 0 Å². The SMILES string of the molecule is C[C@@H]1CCN(C(=O)Cn2ccsc2=N)c2ccccc2S1. The standard InChI is InChI=1S/C15H17N3OS2/c1-11-6-7-18(12-4-2-3-5-13(12)21-11)14(19)10-17-8-9-20-15(17)16/h2-5,8-9,11,16H,6-7,10H2,1H3/t11-/m1/s1. The molecule has 2 heterocycles. The molecule has 1 atom stereocenters. The van der Waals surface area contributed by atoms with Crippen molar-refractivity contribution in [1.82, 2.24) is 4.57 Å². The lowest BCUT2D eigenvalue weighted by Gasteiger charge is -2.22. The number of para-hydroxylation sites is 1. The molecule has 1 aromatic carbocycles. The summed E-state index contributed by atoms with van der Waals surface area (Å²) in [6, 6.07) is 8.08. The van der Waals surface area contributed by atoms with Gasteiger partial charge in [-0.25, -0.2) is 0 Å². The van der Waals surface area contributed by atoms with Crippen LogP contribution in [0.3, 0.4) is 0 Å². The molecule has 1 aromatic heterocycles. The average molecular weight is 319 g/mol. The Bertz CT molecular complexity index is 707. The number of thioether (sulfide) groups is 1. The molecular formula is C15H17N3OS2. The summed E-state index contributed by atoms with van der Waals surface area (Å²) in [7, 11) is 0. The van der Waals surface area contributed by atoms with Crippen LogP contribution in [-0.2, 0) is 11.3 Å². The number of aromatic nitrogens is 1. The first-order valence-corrected chi connectivity index (χ1v) is 8.65. The summed E-state index contributed by atoms with van der Waals surface area (Å²) in [5, 5.41) is 10.1. The normalized spacial score (nSPS) is 18.1. The molecule has 1 N–H and O–H groups in total. The summed E-state index contributed by atoms with van der Waals surface area (Å²) in [6.45, 7) is 3.17. The number of hydrogen-bond acceptors (Lipinski definition) is 4. The fourth-order valence-electron chi connectivity index (χ4n) is 2.41. The van der Waals surface area contributed by atoms with Crippen LogP contribution in [0.25, 0.3) is 0 Å². The van der Waals surface area contributed by atoms with Gasteiger partial charge in [0.2, 0.25) is 5.91 Å². The largest absolute Gasteiger partial charge is 0.315 e. The minimum absolute atomic E-state index is 0.0500. The molecule has 1 aliphatic heterocycles. The Morgan fingerprint density at radius 1 is 1.43 bits per heavy atom. The zero-order chi connectivity index (χ0) is 14.8. The van der Waals surface area contributed by atoms with Crippen molar-refractivity contribution >= 4 is 34.7 Å². The second-order valence-electron chi connectivity index (χ2n) is 5.07. The highest BCUT2D eigenvalue weighted by atomic mass is 32.2. The molecule has 1 amide bonds. The van der Waals surface area contributed by atoms with Gasteiger partial charge in [-0.05, 0) is 18.6 Å². The van der Waals surface area contributed by atoms with Crippen LogP contribution in [0, 0.1) is 5.41 Å². The van der Waals surface area contributed by atoms with Gasteiger partial charge in [0.05, 0.1) is 5.69 Å². The highest BCUT2D eigenvalue weighted by molar-refractivity contribution is 8.00. The second-order valence-corrected chi connectivity index (χ2v) is 7.44. The smallest absolute Gasteiger partial charge is 0.247 e. The van der Waals surface area contributed by atoms with Gasteiger partial charge in [-0.15, -0.1) is 23.1 Å². The van der Waals surface area contributed by atoms with Gasteiger partial charge in [0.1, 0.15) is 6.54 Å². The van der Waals surface area contributed by atoms with Crippen LogP contribution in [0.5, 0.6) is 0 Å². The van der Waals surface area contributed by atoms with Crippen LogP contribution in [-0.4, -0.2) is 22.3 Å². The number of carbonyl (C=O) groups excluding carboxylic acids is 1. The summed E-state index contributed by atoms with van der Waals surface area (Å²) >= 11 is 3.17. The number of thiazole rings is 1. The monoisotopic (exact) mass is 319 g/mol. The Morgan fingerprint density at radius 3 is 3.00 bits per heavy atom. The highest BCUT2D eigenvalue weighted by Gasteiger charge is 2.24. The molecule has 0 spiro atoms. The maximum absolute atomic E-state index is 12.7. The molecule has 2 aromatic rings. The van der Waals surface area contributed by atoms with Crippen LogP contribution < -0.4 is 9.70 Å². The topological polar surface area (TPSA) is 49.1 Å². The maximum Gasteiger partial charge on any atom is 0.247 e. The van der Waals surface area contributed by atoms with Gasteiger partial charge in [-0.3, -0.25) is 10.2 Å². The fraction of sp³-hybridized carbons (Fsp3) is 0.333. The molecule has 1 aliphatic rings. The van der Waals surface area contributed by atoms with Gasteiger partial charge in [0.25, 0.3) is 0 Å². The Morgan fingerprint density at radius 2 is 2.24 bits per heavy atom. The lowest BCUT2D eigenvalue weighted by atomic mass is 10.2. The van der Waals surface area contributed by atoms with Crippen LogP contribution in [0.2, 0.25) is 0 Å². The van der Waals surface area contributed by atoms with Gasteiger partial charge in [-0.2, -0.15) is 0 Å². The first-order chi connectivity index (χ1) is 10.1. The molecule has 4 nitrogen and oxygen atoms in total. The van der Waals surface area contributed by atoms with Crippen molar-refractivity contribution in [3.8, 4) is 0 Å². The van der Waals surface area contributed by atoms with E-state index in [9.17, 15) is 4.79 Å². The summed E-state index contributed by atoms with van der Waals surface area (Å²) in [6.07, 6.45) is 2.78. The quantitative estimate of drug-likeness (QED) is 0.925. The van der Waals surface area contributed by atoms with Crippen LogP contribution in [0.4, 0.5) is 5.69 Å². The molecule has 21 heavy (non-hydrogen) atoms. The van der Waals surface area contributed by atoms with Gasteiger partial charge in [0, 0.05) is 28.3 Å². The lowest BCUT2D eigenvalue weighted by molar-refractivity contribution is -0.119. The number of carbonyl (C=O) groups is 1. The van der Waals surface area contributed by atoms with Crippen LogP contribution in [0.1, 0.15) is 13.3 Å². The fourth-order valence-corrected chi connectivity index (χ4v) is 4.12. The van der Waals surface area contributed by atoms with Gasteiger partial charge in [0.15, 0.2) is 4.80 Å². The number of rotatable bonds is 2. The van der Waals surface area contributed by atoms with Crippen LogP contribution >= 0.6 is 23.1 Å². The van der Waals surface area contributed by atoms with E-state index in [-0.39, 0.29) is 12.5 Å². The Hall–Kier alpha value is -1.53. The Labute approximate surface area is 131 Å². The number of fused-ring (bicyclic) bond motifs is 1. The molecule has 0 fully saturated rings. The number of amides is 1. The first kappa shape index (κ1) is 14.4. The Balaban J connectivity index is 1.89. The number of nitrogens with zero attached hydrogens (tertiary/aromatic N) is 2. The maximum atomic E-state index is 12.7. The van der Waals surface area contributed by atoms with Gasteiger partial charge >= 0.3 is 0 Å². The van der Waals surface area contributed by atoms with E-state index in [0.29, 0.717) is 10.1 Å². The van der Waals surface area contributed by atoms with E-state index in [2.05, 4.69) is 13.0 Å². The molecule has 0 radical (unpaired) electrons. The number of nitrogens with one attached hydrogen (secondary N) is 1. The van der Waals surface area contributed by atoms with E-state index in [1.165, 1.54) is 11.3 Å². The van der Waals surface area contributed by atoms with E-state index in [4.69, 9.17) is 5.41 Å². The summed E-state index contributed by atoms with van der Waals surface area (Å²) in [5.74, 6) is 0.0500. The summed E-state index contributed by atoms with van der Waals surface area (Å²) in [5.41, 5.74) is 0.999. The number of hydrogen-bond donors (Lipinski definition) is 1. The predicted octanol–water partition coefficient (Wildman–Crippen LogP) is 2.95. The molecular weight excluding hydrogens is 302 g/mol. The minimum Gasteiger partial charge on any atom is -0.315 e. The second kappa shape index (κ2) is 6.07. The van der Waals surface area contributed by atoms with E-state index in [1.807, 2.05) is 40.2 Å². The van der Waals surface area contributed by atoms with Crippen molar-refractivity contribution in [2.24, 2.45) is 0 Å². The number of anilines is 1. The zero-order valence-corrected chi connectivity index (χ0v) is 13.4. The average Bonchev–Trinajstić information content (AvgIpc) is 2.78. The third-order valence-corrected chi connectivity index (χ3v) is 5.48. The highest BCUT2D eigenvalue weighted by Crippen LogP contribution is 2.37. The molecule has 0 saturated heterocycles. The van der Waals surface area contributed by atoms with Crippen molar-refractivity contribution in [3.05, 3.63) is 40.6 Å². The van der Waals surface area contributed by atoms with Crippen molar-refractivity contribution in [2.45, 2.75) is 30.0 Å². The molecule has 0 aliphatic carbocycles. The molecule has 0 saturated carbocycles. The molecule has 0 bridgehead atoms. The predicted molar refractivity (Wildman–Crippen MR) is 86.9 cm³/mol. The zero-order valence-electron chi connectivity index (χ0n) is 11.8. The van der Waals surface area contributed by atoms with Crippen molar-refractivity contribution in [1.29, 1.82) is 5.41 Å². The molecule has 0 unspecified atom stereocenters. The molecule has 6 heteroatoms. The Kier molecular flexibility index (Phi) is 4.17.